The van der Waals surface area contributed by atoms with Crippen LogP contribution >= 0.6 is 0 Å². The fourth-order valence-corrected chi connectivity index (χ4v) is 2.63. The normalized spacial score (nSPS) is 11.5. The summed E-state index contributed by atoms with van der Waals surface area (Å²) in [7, 11) is 1.65. The number of ether oxygens (including phenoxy) is 1. The maximum absolute atomic E-state index is 13.4. The molecule has 0 radical (unpaired) electrons. The molecule has 0 atom stereocenters. The van der Waals surface area contributed by atoms with Gasteiger partial charge in [-0.2, -0.15) is 18.4 Å². The van der Waals surface area contributed by atoms with Gasteiger partial charge in [-0.3, -0.25) is 0 Å². The molecule has 26 heavy (non-hydrogen) atoms. The maximum atomic E-state index is 13.4. The zero-order valence-corrected chi connectivity index (χ0v) is 13.6. The predicted molar refractivity (Wildman–Crippen MR) is 86.2 cm³/mol. The standard InChI is InChI=1S/C17H13F3N4O2/c1-24-13-4-5-22-12(9-21)15(13)23-16(24)10-2-3-14(26-7-6-25)11(8-10)17(18,19)20/h2-5,8,25H,6-7H2,1H3. The number of aryl methyl sites for hydroxylation is 1. The van der Waals surface area contributed by atoms with Gasteiger partial charge in [-0.1, -0.05) is 0 Å². The van der Waals surface area contributed by atoms with Crippen LogP contribution in [0, 0.1) is 11.3 Å². The van der Waals surface area contributed by atoms with Crippen molar-refractivity contribution in [1.29, 1.82) is 5.26 Å². The van der Waals surface area contributed by atoms with E-state index in [1.165, 1.54) is 18.3 Å². The lowest BCUT2D eigenvalue weighted by molar-refractivity contribution is -0.139. The molecule has 0 fully saturated rings. The van der Waals surface area contributed by atoms with Gasteiger partial charge in [0.2, 0.25) is 0 Å². The summed E-state index contributed by atoms with van der Waals surface area (Å²) in [6, 6.07) is 7.13. The van der Waals surface area contributed by atoms with Gasteiger partial charge in [0.05, 0.1) is 17.7 Å². The topological polar surface area (TPSA) is 84.0 Å². The Bertz CT molecular complexity index is 1010. The molecule has 0 aliphatic rings. The number of benzene rings is 1. The molecule has 0 bridgehead atoms. The lowest BCUT2D eigenvalue weighted by atomic mass is 10.1. The zero-order valence-electron chi connectivity index (χ0n) is 13.6. The van der Waals surface area contributed by atoms with E-state index >= 15 is 0 Å². The first-order valence-corrected chi connectivity index (χ1v) is 7.53. The van der Waals surface area contributed by atoms with Crippen molar-refractivity contribution in [3.63, 3.8) is 0 Å². The summed E-state index contributed by atoms with van der Waals surface area (Å²) in [5.41, 5.74) is 0.260. The predicted octanol–water partition coefficient (Wildman–Crippen LogP) is 2.90. The van der Waals surface area contributed by atoms with Crippen LogP contribution in [0.3, 0.4) is 0 Å². The van der Waals surface area contributed by atoms with Gasteiger partial charge in [-0.25, -0.2) is 9.97 Å². The van der Waals surface area contributed by atoms with Crippen LogP contribution in [0.2, 0.25) is 0 Å². The molecule has 0 aliphatic carbocycles. The SMILES string of the molecule is Cn1c(-c2ccc(OCCO)c(C(F)(F)F)c2)nc2c(C#N)nccc21. The lowest BCUT2D eigenvalue weighted by Crippen LogP contribution is -2.11. The lowest BCUT2D eigenvalue weighted by Gasteiger charge is -2.15. The van der Waals surface area contributed by atoms with Crippen molar-refractivity contribution in [2.75, 3.05) is 13.2 Å². The van der Waals surface area contributed by atoms with Crippen LogP contribution in [0.5, 0.6) is 5.75 Å². The summed E-state index contributed by atoms with van der Waals surface area (Å²) in [4.78, 5) is 8.22. The number of aliphatic hydroxyl groups is 1. The Labute approximate surface area is 146 Å². The summed E-state index contributed by atoms with van der Waals surface area (Å²) >= 11 is 0. The molecule has 0 saturated carbocycles. The molecule has 6 nitrogen and oxygen atoms in total. The molecule has 9 heteroatoms. The van der Waals surface area contributed by atoms with Crippen LogP contribution in [0.4, 0.5) is 13.2 Å². The molecular weight excluding hydrogens is 349 g/mol. The van der Waals surface area contributed by atoms with Crippen molar-refractivity contribution < 1.29 is 23.0 Å². The van der Waals surface area contributed by atoms with Crippen LogP contribution in [-0.4, -0.2) is 32.9 Å². The van der Waals surface area contributed by atoms with E-state index < -0.39 is 18.3 Å². The molecule has 0 amide bonds. The highest BCUT2D eigenvalue weighted by atomic mass is 19.4. The Morgan fingerprint density at radius 2 is 2.08 bits per heavy atom. The molecule has 0 aliphatic heterocycles. The monoisotopic (exact) mass is 362 g/mol. The number of aliphatic hydroxyl groups excluding tert-OH is 1. The van der Waals surface area contributed by atoms with Gasteiger partial charge < -0.3 is 14.4 Å². The highest BCUT2D eigenvalue weighted by Gasteiger charge is 2.35. The number of nitriles is 1. The van der Waals surface area contributed by atoms with Crippen molar-refractivity contribution in [2.24, 2.45) is 7.05 Å². The number of hydrogen-bond acceptors (Lipinski definition) is 5. The van der Waals surface area contributed by atoms with Crippen molar-refractivity contribution in [1.82, 2.24) is 14.5 Å². The highest BCUT2D eigenvalue weighted by molar-refractivity contribution is 5.84. The number of hydrogen-bond donors (Lipinski definition) is 1. The molecule has 0 unspecified atom stereocenters. The third kappa shape index (κ3) is 3.07. The van der Waals surface area contributed by atoms with Gasteiger partial charge in [0.15, 0.2) is 5.69 Å². The summed E-state index contributed by atoms with van der Waals surface area (Å²) in [6.07, 6.45) is -3.19. The van der Waals surface area contributed by atoms with Gasteiger partial charge in [-0.15, -0.1) is 0 Å². The van der Waals surface area contributed by atoms with Crippen LogP contribution in [0.1, 0.15) is 11.3 Å². The molecule has 2 aromatic heterocycles. The number of rotatable bonds is 4. The number of nitrogens with zero attached hydrogens (tertiary/aromatic N) is 4. The Kier molecular flexibility index (Phi) is 4.52. The molecular formula is C17H13F3N4O2. The van der Waals surface area contributed by atoms with Crippen molar-refractivity contribution in [3.05, 3.63) is 41.7 Å². The fraction of sp³-hybridized carbons (Fsp3) is 0.235. The van der Waals surface area contributed by atoms with Crippen molar-refractivity contribution >= 4 is 11.0 Å². The molecule has 3 rings (SSSR count). The zero-order chi connectivity index (χ0) is 18.9. The first-order valence-electron chi connectivity index (χ1n) is 7.53. The van der Waals surface area contributed by atoms with Crippen LogP contribution in [-0.2, 0) is 13.2 Å². The van der Waals surface area contributed by atoms with Crippen molar-refractivity contribution in [2.45, 2.75) is 6.18 Å². The number of imidazole rings is 1. The minimum absolute atomic E-state index is 0.100. The molecule has 3 aromatic rings. The van der Waals surface area contributed by atoms with Crippen LogP contribution in [0.25, 0.3) is 22.4 Å². The van der Waals surface area contributed by atoms with Gasteiger partial charge in [0.1, 0.15) is 29.8 Å². The minimum atomic E-state index is -4.63. The fourth-order valence-electron chi connectivity index (χ4n) is 2.63. The molecule has 1 aromatic carbocycles. The van der Waals surface area contributed by atoms with E-state index in [0.29, 0.717) is 11.0 Å². The molecule has 0 saturated heterocycles. The van der Waals surface area contributed by atoms with E-state index in [9.17, 15) is 13.2 Å². The molecule has 0 spiro atoms. The number of fused-ring (bicyclic) bond motifs is 1. The van der Waals surface area contributed by atoms with E-state index in [4.69, 9.17) is 15.1 Å². The van der Waals surface area contributed by atoms with Gasteiger partial charge in [0.25, 0.3) is 0 Å². The number of pyridine rings is 1. The first kappa shape index (κ1) is 17.7. The molecule has 1 N–H and O–H groups in total. The first-order chi connectivity index (χ1) is 12.4. The van der Waals surface area contributed by atoms with E-state index in [0.717, 1.165) is 6.07 Å². The van der Waals surface area contributed by atoms with E-state index in [2.05, 4.69) is 9.97 Å². The molecule has 134 valence electrons. The largest absolute Gasteiger partial charge is 0.491 e. The second-order valence-electron chi connectivity index (χ2n) is 5.41. The molecule has 2 heterocycles. The van der Waals surface area contributed by atoms with Crippen molar-refractivity contribution in [3.8, 4) is 23.2 Å². The highest BCUT2D eigenvalue weighted by Crippen LogP contribution is 2.39. The number of alkyl halides is 3. The summed E-state index contributed by atoms with van der Waals surface area (Å²) in [5.74, 6) is -0.0999. The van der Waals surface area contributed by atoms with Gasteiger partial charge >= 0.3 is 6.18 Å². The Morgan fingerprint density at radius 1 is 1.31 bits per heavy atom. The second kappa shape index (κ2) is 6.65. The van der Waals surface area contributed by atoms with E-state index in [-0.39, 0.29) is 29.4 Å². The minimum Gasteiger partial charge on any atom is -0.491 e. The van der Waals surface area contributed by atoms with Gasteiger partial charge in [0, 0.05) is 18.8 Å². The summed E-state index contributed by atoms with van der Waals surface area (Å²) < 4.78 is 46.7. The van der Waals surface area contributed by atoms with Crippen LogP contribution in [0.15, 0.2) is 30.5 Å². The van der Waals surface area contributed by atoms with Gasteiger partial charge in [-0.05, 0) is 24.3 Å². The smallest absolute Gasteiger partial charge is 0.419 e. The Morgan fingerprint density at radius 3 is 2.73 bits per heavy atom. The average molecular weight is 362 g/mol. The Balaban J connectivity index is 2.17. The summed E-state index contributed by atoms with van der Waals surface area (Å²) in [5, 5.41) is 17.9. The van der Waals surface area contributed by atoms with E-state index in [1.54, 1.807) is 17.7 Å². The summed E-state index contributed by atoms with van der Waals surface area (Å²) in [6.45, 7) is -0.639. The third-order valence-corrected chi connectivity index (χ3v) is 3.80. The second-order valence-corrected chi connectivity index (χ2v) is 5.41. The maximum Gasteiger partial charge on any atom is 0.419 e. The average Bonchev–Trinajstić information content (AvgIpc) is 2.96. The number of aromatic nitrogens is 3. The van der Waals surface area contributed by atoms with Crippen LogP contribution < -0.4 is 4.74 Å². The number of halogens is 3. The Hall–Kier alpha value is -3.12. The quantitative estimate of drug-likeness (QED) is 0.772. The third-order valence-electron chi connectivity index (χ3n) is 3.80. The van der Waals surface area contributed by atoms with E-state index in [1.807, 2.05) is 6.07 Å².